The Balaban J connectivity index is 1.50. The Hall–Kier alpha value is -5.20. The van der Waals surface area contributed by atoms with Crippen LogP contribution in [-0.2, 0) is 10.0 Å². The maximum atomic E-state index is 14.9. The molecule has 0 saturated carbocycles. The van der Waals surface area contributed by atoms with E-state index in [2.05, 4.69) is 5.32 Å². The zero-order valence-corrected chi connectivity index (χ0v) is 26.1. The van der Waals surface area contributed by atoms with Crippen LogP contribution in [0.25, 0.3) is 55.8 Å². The maximum absolute atomic E-state index is 14.9. The van der Waals surface area contributed by atoms with Crippen LogP contribution in [0.3, 0.4) is 0 Å². The number of nitrogens with zero attached hydrogens (tertiary/aromatic N) is 3. The lowest BCUT2D eigenvalue weighted by Gasteiger charge is -2.28. The summed E-state index contributed by atoms with van der Waals surface area (Å²) in [6, 6.07) is 20.5. The monoisotopic (exact) mass is 640 g/mol. The predicted octanol–water partition coefficient (Wildman–Crippen LogP) is 5.87. The zero-order valence-electron chi connectivity index (χ0n) is 25.3. The quantitative estimate of drug-likeness (QED) is 0.233. The highest BCUT2D eigenvalue weighted by atomic mass is 32.2. The van der Waals surface area contributed by atoms with Gasteiger partial charge in [-0.25, -0.2) is 17.8 Å². The summed E-state index contributed by atoms with van der Waals surface area (Å²) in [7, 11) is -0.793. The van der Waals surface area contributed by atoms with Gasteiger partial charge in [-0.3, -0.25) is 9.10 Å². The number of ether oxygens (including phenoxy) is 1. The number of pyridine rings is 1. The molecule has 234 valence electrons. The van der Waals surface area contributed by atoms with Crippen LogP contribution in [0.15, 0.2) is 77.2 Å². The Morgan fingerprint density at radius 2 is 1.85 bits per heavy atom. The van der Waals surface area contributed by atoms with Gasteiger partial charge in [0.15, 0.2) is 6.23 Å². The first kappa shape index (κ1) is 29.5. The third-order valence-electron chi connectivity index (χ3n) is 8.32. The minimum atomic E-state index is -3.75. The summed E-state index contributed by atoms with van der Waals surface area (Å²) >= 11 is 0. The zero-order chi connectivity index (χ0) is 32.5. The van der Waals surface area contributed by atoms with Crippen molar-refractivity contribution in [3.8, 4) is 39.7 Å². The summed E-state index contributed by atoms with van der Waals surface area (Å²) in [6.07, 6.45) is 0.284. The number of aromatic nitrogens is 2. The number of hydrogen-bond acceptors (Lipinski definition) is 7. The minimum Gasteiger partial charge on any atom is -0.465 e. The fourth-order valence-corrected chi connectivity index (χ4v) is 6.44. The van der Waals surface area contributed by atoms with Crippen molar-refractivity contribution in [1.82, 2.24) is 14.9 Å². The third-order valence-corrected chi connectivity index (χ3v) is 9.52. The molecule has 1 aliphatic rings. The molecule has 12 heteroatoms. The van der Waals surface area contributed by atoms with Crippen LogP contribution >= 0.6 is 0 Å². The van der Waals surface area contributed by atoms with Crippen molar-refractivity contribution in [1.29, 1.82) is 0 Å². The number of aliphatic hydroxyl groups excluding tert-OH is 1. The molecule has 46 heavy (non-hydrogen) atoms. The van der Waals surface area contributed by atoms with E-state index < -0.39 is 22.1 Å². The van der Waals surface area contributed by atoms with Crippen molar-refractivity contribution in [2.24, 2.45) is 0 Å². The second-order valence-corrected chi connectivity index (χ2v) is 13.2. The normalized spacial score (nSPS) is 14.2. The Bertz CT molecular complexity index is 2310. The van der Waals surface area contributed by atoms with E-state index in [-0.39, 0.29) is 18.2 Å². The van der Waals surface area contributed by atoms with Crippen LogP contribution in [0.1, 0.15) is 22.1 Å². The number of anilines is 1. The first-order chi connectivity index (χ1) is 22.0. The fourth-order valence-electron chi connectivity index (χ4n) is 5.94. The lowest BCUT2D eigenvalue weighted by molar-refractivity contribution is 0.0609. The molecule has 0 bridgehead atoms. The number of amides is 1. The number of halogens is 1. The van der Waals surface area contributed by atoms with Gasteiger partial charge in [-0.05, 0) is 43.3 Å². The standard InChI is InChI=1S/C34H29FN4O6S/c1-18-8-10-19(11-9-18)33-31(34(41)36-2)22-14-21(26(16-29(22)45-33)38(3)46(4,42)43)24-12-13-28-32(37-24)27-15-20-23(35)6-5-7-25(20)39(27)30(17-40)44-28/h5-16,30,40H,17H2,1-4H3,(H,36,41). The Morgan fingerprint density at radius 3 is 2.54 bits per heavy atom. The van der Waals surface area contributed by atoms with Crippen molar-refractivity contribution in [3.63, 3.8) is 0 Å². The molecule has 3 aromatic heterocycles. The van der Waals surface area contributed by atoms with E-state index in [1.54, 1.807) is 47.0 Å². The molecule has 7 rings (SSSR count). The van der Waals surface area contributed by atoms with Crippen molar-refractivity contribution >= 4 is 43.5 Å². The van der Waals surface area contributed by atoms with Crippen molar-refractivity contribution < 1.29 is 31.9 Å². The molecule has 0 radical (unpaired) electrons. The van der Waals surface area contributed by atoms with E-state index in [4.69, 9.17) is 14.1 Å². The van der Waals surface area contributed by atoms with Gasteiger partial charge in [0.2, 0.25) is 10.0 Å². The van der Waals surface area contributed by atoms with Crippen molar-refractivity contribution in [2.45, 2.75) is 13.2 Å². The first-order valence-corrected chi connectivity index (χ1v) is 16.3. The van der Waals surface area contributed by atoms with Crippen LogP contribution in [0.2, 0.25) is 0 Å². The maximum Gasteiger partial charge on any atom is 0.255 e. The van der Waals surface area contributed by atoms with Crippen LogP contribution in [0, 0.1) is 12.7 Å². The highest BCUT2D eigenvalue weighted by Gasteiger charge is 2.31. The summed E-state index contributed by atoms with van der Waals surface area (Å²) in [5, 5.41) is 13.6. The average molecular weight is 641 g/mol. The van der Waals surface area contributed by atoms with Gasteiger partial charge in [-0.1, -0.05) is 35.9 Å². The molecule has 0 spiro atoms. The van der Waals surface area contributed by atoms with E-state index in [0.29, 0.717) is 67.2 Å². The van der Waals surface area contributed by atoms with Gasteiger partial charge in [-0.2, -0.15) is 0 Å². The number of nitrogens with one attached hydrogen (secondary N) is 1. The molecule has 2 N–H and O–H groups in total. The second-order valence-electron chi connectivity index (χ2n) is 11.2. The van der Waals surface area contributed by atoms with Gasteiger partial charge in [0.25, 0.3) is 5.91 Å². The van der Waals surface area contributed by atoms with Crippen molar-refractivity contribution in [3.05, 3.63) is 89.7 Å². The molecule has 1 amide bonds. The third kappa shape index (κ3) is 4.60. The number of carbonyl (C=O) groups is 1. The Labute approximate surface area is 263 Å². The largest absolute Gasteiger partial charge is 0.465 e. The molecule has 0 aliphatic carbocycles. The summed E-state index contributed by atoms with van der Waals surface area (Å²) in [6.45, 7) is 1.60. The smallest absolute Gasteiger partial charge is 0.255 e. The summed E-state index contributed by atoms with van der Waals surface area (Å²) in [5.74, 6) is -0.0956. The molecule has 0 fully saturated rings. The number of sulfonamides is 1. The number of fused-ring (bicyclic) bond motifs is 6. The van der Waals surface area contributed by atoms with Crippen LogP contribution < -0.4 is 14.4 Å². The lowest BCUT2D eigenvalue weighted by atomic mass is 10.00. The molecule has 4 heterocycles. The molecule has 1 aliphatic heterocycles. The summed E-state index contributed by atoms with van der Waals surface area (Å²) in [5.41, 5.74) is 4.80. The van der Waals surface area contributed by atoms with E-state index in [0.717, 1.165) is 16.1 Å². The molecule has 6 aromatic rings. The Morgan fingerprint density at radius 1 is 1.09 bits per heavy atom. The van der Waals surface area contributed by atoms with Gasteiger partial charge < -0.3 is 24.1 Å². The van der Waals surface area contributed by atoms with Crippen LogP contribution in [0.5, 0.6) is 5.75 Å². The van der Waals surface area contributed by atoms with Gasteiger partial charge in [0, 0.05) is 42.1 Å². The number of aryl methyl sites for hydroxylation is 1. The van der Waals surface area contributed by atoms with Gasteiger partial charge in [-0.15, -0.1) is 0 Å². The topological polar surface area (TPSA) is 127 Å². The molecular formula is C34H29FN4O6S. The molecule has 1 atom stereocenters. The number of benzene rings is 3. The first-order valence-electron chi connectivity index (χ1n) is 14.4. The number of carbonyl (C=O) groups excluding carboxylic acids is 1. The van der Waals surface area contributed by atoms with Gasteiger partial charge in [0.1, 0.15) is 28.6 Å². The summed E-state index contributed by atoms with van der Waals surface area (Å²) in [4.78, 5) is 18.2. The minimum absolute atomic E-state index is 0.270. The van der Waals surface area contributed by atoms with E-state index in [1.165, 1.54) is 20.2 Å². The van der Waals surface area contributed by atoms with Gasteiger partial charge in [0.05, 0.1) is 41.0 Å². The summed E-state index contributed by atoms with van der Waals surface area (Å²) < 4.78 is 55.7. The highest BCUT2D eigenvalue weighted by molar-refractivity contribution is 7.92. The molecule has 10 nitrogen and oxygen atoms in total. The Kier molecular flexibility index (Phi) is 6.87. The SMILES string of the molecule is CNC(=O)c1c(-c2ccc(C)cc2)oc2cc(N(C)S(C)(=O)=O)c(-c3ccc4c(n3)-c3cc5c(F)cccc5n3C(CO)O4)cc12. The van der Waals surface area contributed by atoms with Crippen molar-refractivity contribution in [2.75, 3.05) is 31.3 Å². The van der Waals surface area contributed by atoms with E-state index >= 15 is 0 Å². The molecule has 3 aromatic carbocycles. The fraction of sp³-hybridized carbons (Fsp3) is 0.176. The number of rotatable bonds is 6. The van der Waals surface area contributed by atoms with Crippen LogP contribution in [-0.4, -0.2) is 55.9 Å². The number of furan rings is 1. The molecule has 1 unspecified atom stereocenters. The number of aliphatic hydroxyl groups is 1. The number of hydrogen-bond donors (Lipinski definition) is 2. The highest BCUT2D eigenvalue weighted by Crippen LogP contribution is 2.45. The van der Waals surface area contributed by atoms with Gasteiger partial charge >= 0.3 is 0 Å². The van der Waals surface area contributed by atoms with E-state index in [9.17, 15) is 22.7 Å². The predicted molar refractivity (Wildman–Crippen MR) is 174 cm³/mol. The average Bonchev–Trinajstić information content (AvgIpc) is 3.63. The molecule has 0 saturated heterocycles. The van der Waals surface area contributed by atoms with E-state index in [1.807, 2.05) is 31.2 Å². The molecular weight excluding hydrogens is 611 g/mol. The second kappa shape index (κ2) is 10.7. The van der Waals surface area contributed by atoms with Crippen LogP contribution in [0.4, 0.5) is 10.1 Å². The lowest BCUT2D eigenvalue weighted by Crippen LogP contribution is -2.26.